The molecule has 0 aliphatic heterocycles. The van der Waals surface area contributed by atoms with Gasteiger partial charge in [-0.15, -0.1) is 0 Å². The highest BCUT2D eigenvalue weighted by Crippen LogP contribution is 2.16. The first-order valence-electron chi connectivity index (χ1n) is 5.32. The summed E-state index contributed by atoms with van der Waals surface area (Å²) in [4.78, 5) is 0. The lowest BCUT2D eigenvalue weighted by atomic mass is 10.2. The predicted molar refractivity (Wildman–Crippen MR) is 71.6 cm³/mol. The van der Waals surface area contributed by atoms with E-state index in [0.29, 0.717) is 13.1 Å². The number of aryl methyl sites for hydroxylation is 1. The summed E-state index contributed by atoms with van der Waals surface area (Å²) in [6.07, 6.45) is 1.19. The summed E-state index contributed by atoms with van der Waals surface area (Å²) >= 11 is 0. The molecule has 0 saturated carbocycles. The van der Waals surface area contributed by atoms with Crippen LogP contribution in [0, 0.1) is 6.92 Å². The molecule has 6 heteroatoms. The van der Waals surface area contributed by atoms with Crippen LogP contribution in [0.4, 0.5) is 11.4 Å². The average molecular weight is 257 g/mol. The smallest absolute Gasteiger partial charge is 0.211 e. The molecule has 0 amide bonds. The van der Waals surface area contributed by atoms with E-state index in [-0.39, 0.29) is 0 Å². The number of nitrogens with zero attached hydrogens (tertiary/aromatic N) is 1. The summed E-state index contributed by atoms with van der Waals surface area (Å²) in [6.45, 7) is 2.93. The van der Waals surface area contributed by atoms with Crippen LogP contribution in [0.3, 0.4) is 0 Å². The summed E-state index contributed by atoms with van der Waals surface area (Å²) in [5.41, 5.74) is 8.41. The Morgan fingerprint density at radius 3 is 2.59 bits per heavy atom. The molecule has 0 bridgehead atoms. The molecule has 5 nitrogen and oxygen atoms in total. The maximum atomic E-state index is 11.2. The molecule has 0 radical (unpaired) electrons. The molecular formula is C11H19N3O2S. The minimum Gasteiger partial charge on any atom is -0.399 e. The number of nitrogens with one attached hydrogen (secondary N) is 1. The SMILES string of the molecule is Cc1cc(NCCN(C)S(C)(=O)=O)ccc1N. The molecular weight excluding hydrogens is 238 g/mol. The first-order chi connectivity index (χ1) is 7.80. The van der Waals surface area contributed by atoms with Crippen LogP contribution in [0.15, 0.2) is 18.2 Å². The van der Waals surface area contributed by atoms with E-state index in [9.17, 15) is 8.42 Å². The van der Waals surface area contributed by atoms with Crippen molar-refractivity contribution in [3.8, 4) is 0 Å². The highest BCUT2D eigenvalue weighted by atomic mass is 32.2. The Labute approximate surface area is 103 Å². The second-order valence-corrected chi connectivity index (χ2v) is 6.17. The van der Waals surface area contributed by atoms with Crippen molar-refractivity contribution >= 4 is 21.4 Å². The number of nitrogens with two attached hydrogens (primary N) is 1. The quantitative estimate of drug-likeness (QED) is 0.768. The maximum Gasteiger partial charge on any atom is 0.211 e. The average Bonchev–Trinajstić information content (AvgIpc) is 2.22. The summed E-state index contributed by atoms with van der Waals surface area (Å²) in [5.74, 6) is 0. The summed E-state index contributed by atoms with van der Waals surface area (Å²) in [7, 11) is -1.54. The van der Waals surface area contributed by atoms with Crippen LogP contribution >= 0.6 is 0 Å². The van der Waals surface area contributed by atoms with Gasteiger partial charge in [-0.2, -0.15) is 0 Å². The van der Waals surface area contributed by atoms with Gasteiger partial charge in [0.25, 0.3) is 0 Å². The first-order valence-corrected chi connectivity index (χ1v) is 7.17. The molecule has 0 aliphatic carbocycles. The Morgan fingerprint density at radius 1 is 1.41 bits per heavy atom. The molecule has 0 heterocycles. The predicted octanol–water partition coefficient (Wildman–Crippen LogP) is 0.881. The van der Waals surface area contributed by atoms with Crippen molar-refractivity contribution in [2.45, 2.75) is 6.92 Å². The van der Waals surface area contributed by atoms with E-state index in [1.807, 2.05) is 25.1 Å². The maximum absolute atomic E-state index is 11.2. The fourth-order valence-corrected chi connectivity index (χ4v) is 1.73. The van der Waals surface area contributed by atoms with Crippen LogP contribution in [-0.4, -0.2) is 39.1 Å². The second kappa shape index (κ2) is 5.37. The van der Waals surface area contributed by atoms with E-state index in [0.717, 1.165) is 16.9 Å². The number of benzene rings is 1. The van der Waals surface area contributed by atoms with Crippen LogP contribution in [0.5, 0.6) is 0 Å². The number of nitrogen functional groups attached to an aromatic ring is 1. The van der Waals surface area contributed by atoms with E-state index in [4.69, 9.17) is 5.73 Å². The molecule has 96 valence electrons. The van der Waals surface area contributed by atoms with Crippen molar-refractivity contribution in [1.29, 1.82) is 0 Å². The number of sulfonamides is 1. The van der Waals surface area contributed by atoms with Crippen molar-refractivity contribution in [3.05, 3.63) is 23.8 Å². The highest BCUT2D eigenvalue weighted by Gasteiger charge is 2.09. The van der Waals surface area contributed by atoms with Crippen LogP contribution in [-0.2, 0) is 10.0 Å². The minimum absolute atomic E-state index is 0.433. The van der Waals surface area contributed by atoms with Crippen molar-refractivity contribution in [2.75, 3.05) is 37.4 Å². The second-order valence-electron chi connectivity index (χ2n) is 4.08. The zero-order chi connectivity index (χ0) is 13.1. The third-order valence-corrected chi connectivity index (χ3v) is 3.91. The first kappa shape index (κ1) is 13.8. The molecule has 0 unspecified atom stereocenters. The van der Waals surface area contributed by atoms with Gasteiger partial charge < -0.3 is 11.1 Å². The molecule has 3 N–H and O–H groups in total. The fourth-order valence-electron chi connectivity index (χ4n) is 1.31. The molecule has 0 aliphatic rings. The van der Waals surface area contributed by atoms with Gasteiger partial charge in [-0.25, -0.2) is 12.7 Å². The van der Waals surface area contributed by atoms with Gasteiger partial charge in [0.15, 0.2) is 0 Å². The van der Waals surface area contributed by atoms with Gasteiger partial charge in [0.1, 0.15) is 0 Å². The molecule has 1 aromatic rings. The van der Waals surface area contributed by atoms with Gasteiger partial charge in [-0.1, -0.05) is 0 Å². The number of likely N-dealkylation sites (N-methyl/N-ethyl adjacent to an activating group) is 1. The van der Waals surface area contributed by atoms with Gasteiger partial charge in [0, 0.05) is 31.5 Å². The van der Waals surface area contributed by atoms with Crippen LogP contribution in [0.2, 0.25) is 0 Å². The molecule has 1 aromatic carbocycles. The van der Waals surface area contributed by atoms with Crippen molar-refractivity contribution in [3.63, 3.8) is 0 Å². The largest absolute Gasteiger partial charge is 0.399 e. The highest BCUT2D eigenvalue weighted by molar-refractivity contribution is 7.88. The van der Waals surface area contributed by atoms with Gasteiger partial charge in [-0.05, 0) is 30.7 Å². The Kier molecular flexibility index (Phi) is 4.36. The number of hydrogen-bond acceptors (Lipinski definition) is 4. The molecule has 0 spiro atoms. The lowest BCUT2D eigenvalue weighted by molar-refractivity contribution is 0.486. The van der Waals surface area contributed by atoms with E-state index >= 15 is 0 Å². The van der Waals surface area contributed by atoms with Crippen LogP contribution in [0.1, 0.15) is 5.56 Å². The minimum atomic E-state index is -3.10. The molecule has 0 aromatic heterocycles. The van der Waals surface area contributed by atoms with Gasteiger partial charge in [-0.3, -0.25) is 0 Å². The van der Waals surface area contributed by atoms with Gasteiger partial charge in [0.2, 0.25) is 10.0 Å². The summed E-state index contributed by atoms with van der Waals surface area (Å²) in [6, 6.07) is 5.65. The Hall–Kier alpha value is -1.27. The topological polar surface area (TPSA) is 75.4 Å². The van der Waals surface area contributed by atoms with Crippen molar-refractivity contribution < 1.29 is 8.42 Å². The van der Waals surface area contributed by atoms with E-state index < -0.39 is 10.0 Å². The van der Waals surface area contributed by atoms with Gasteiger partial charge >= 0.3 is 0 Å². The van der Waals surface area contributed by atoms with Crippen molar-refractivity contribution in [2.24, 2.45) is 0 Å². The number of anilines is 2. The van der Waals surface area contributed by atoms with Gasteiger partial charge in [0.05, 0.1) is 6.26 Å². The number of rotatable bonds is 5. The number of hydrogen-bond donors (Lipinski definition) is 2. The third kappa shape index (κ3) is 4.24. The third-order valence-electron chi connectivity index (χ3n) is 2.59. The lowest BCUT2D eigenvalue weighted by Gasteiger charge is -2.15. The van der Waals surface area contributed by atoms with E-state index in [1.165, 1.54) is 10.6 Å². The summed E-state index contributed by atoms with van der Waals surface area (Å²) < 4.78 is 23.6. The van der Waals surface area contributed by atoms with Crippen molar-refractivity contribution in [1.82, 2.24) is 4.31 Å². The standard InChI is InChI=1S/C11H19N3O2S/c1-9-8-10(4-5-11(9)12)13-6-7-14(2)17(3,15)16/h4-5,8,13H,6-7,12H2,1-3H3. The zero-order valence-corrected chi connectivity index (χ0v) is 11.2. The molecule has 1 rings (SSSR count). The lowest BCUT2D eigenvalue weighted by Crippen LogP contribution is -2.30. The Morgan fingerprint density at radius 2 is 2.06 bits per heavy atom. The van der Waals surface area contributed by atoms with Crippen LogP contribution in [0.25, 0.3) is 0 Å². The Balaban J connectivity index is 2.49. The van der Waals surface area contributed by atoms with E-state index in [2.05, 4.69) is 5.32 Å². The van der Waals surface area contributed by atoms with E-state index in [1.54, 1.807) is 7.05 Å². The normalized spacial score (nSPS) is 11.8. The molecule has 0 saturated heterocycles. The molecule has 0 fully saturated rings. The monoisotopic (exact) mass is 257 g/mol. The molecule has 0 atom stereocenters. The summed E-state index contributed by atoms with van der Waals surface area (Å²) in [5, 5.41) is 3.15. The fraction of sp³-hybridized carbons (Fsp3) is 0.455. The Bertz CT molecular complexity index is 485. The molecule has 17 heavy (non-hydrogen) atoms. The van der Waals surface area contributed by atoms with Crippen LogP contribution < -0.4 is 11.1 Å². The zero-order valence-electron chi connectivity index (χ0n) is 10.4.